The molecule has 0 aliphatic carbocycles. The van der Waals surface area contributed by atoms with E-state index in [1.807, 2.05) is 30.3 Å². The van der Waals surface area contributed by atoms with Crippen molar-refractivity contribution < 1.29 is 23.1 Å². The Morgan fingerprint density at radius 1 is 1.13 bits per heavy atom. The Bertz CT molecular complexity index is 1160. The van der Waals surface area contributed by atoms with Gasteiger partial charge >= 0.3 is 5.97 Å². The van der Waals surface area contributed by atoms with Crippen molar-refractivity contribution in [3.8, 4) is 16.9 Å². The highest BCUT2D eigenvalue weighted by Gasteiger charge is 2.23. The molecule has 0 atom stereocenters. The monoisotopic (exact) mass is 461 g/mol. The molecule has 0 saturated carbocycles. The van der Waals surface area contributed by atoms with E-state index in [-0.39, 0.29) is 18.2 Å². The Kier molecular flexibility index (Phi) is 7.09. The predicted octanol–water partition coefficient (Wildman–Crippen LogP) is 3.62. The number of benzene rings is 2. The molecule has 2 aromatic carbocycles. The zero-order valence-corrected chi connectivity index (χ0v) is 18.2. The van der Waals surface area contributed by atoms with Crippen LogP contribution in [0.4, 0.5) is 5.95 Å². The number of halogens is 1. The van der Waals surface area contributed by atoms with Crippen LogP contribution in [0.3, 0.4) is 0 Å². The number of ether oxygens (including phenoxy) is 1. The van der Waals surface area contributed by atoms with Crippen molar-refractivity contribution >= 4 is 33.5 Å². The molecule has 0 unspecified atom stereocenters. The van der Waals surface area contributed by atoms with Gasteiger partial charge in [0.15, 0.2) is 6.61 Å². The van der Waals surface area contributed by atoms with E-state index in [1.165, 1.54) is 12.4 Å². The average molecular weight is 462 g/mol. The zero-order chi connectivity index (χ0) is 22.4. The van der Waals surface area contributed by atoms with E-state index in [2.05, 4.69) is 9.97 Å². The summed E-state index contributed by atoms with van der Waals surface area (Å²) in [5.41, 5.74) is 1.79. The molecule has 0 saturated heterocycles. The molecular formula is C21H20ClN3O5S. The van der Waals surface area contributed by atoms with Gasteiger partial charge in [-0.15, -0.1) is 0 Å². The molecule has 0 amide bonds. The Hall–Kier alpha value is -3.17. The number of sulfonamides is 1. The van der Waals surface area contributed by atoms with Crippen molar-refractivity contribution in [1.29, 1.82) is 0 Å². The third-order valence-electron chi connectivity index (χ3n) is 4.33. The summed E-state index contributed by atoms with van der Waals surface area (Å²) >= 11 is 6.08. The summed E-state index contributed by atoms with van der Waals surface area (Å²) < 4.78 is 31.8. The van der Waals surface area contributed by atoms with Crippen LogP contribution in [0.1, 0.15) is 12.5 Å². The van der Waals surface area contributed by atoms with Gasteiger partial charge in [-0.05, 0) is 30.7 Å². The van der Waals surface area contributed by atoms with Gasteiger partial charge in [-0.2, -0.15) is 0 Å². The second-order valence-corrected chi connectivity index (χ2v) is 9.11. The fourth-order valence-electron chi connectivity index (χ4n) is 2.78. The summed E-state index contributed by atoms with van der Waals surface area (Å²) in [6.07, 6.45) is 2.90. The topological polar surface area (TPSA) is 110 Å². The third kappa shape index (κ3) is 5.71. The first-order valence-electron chi connectivity index (χ1n) is 9.31. The average Bonchev–Trinajstić information content (AvgIpc) is 2.77. The van der Waals surface area contributed by atoms with Gasteiger partial charge in [0.2, 0.25) is 16.0 Å². The number of rotatable bonds is 9. The molecule has 31 heavy (non-hydrogen) atoms. The Labute approximate surface area is 185 Å². The van der Waals surface area contributed by atoms with Crippen LogP contribution < -0.4 is 9.04 Å². The third-order valence-corrected chi connectivity index (χ3v) is 6.26. The maximum Gasteiger partial charge on any atom is 0.341 e. The molecule has 8 nitrogen and oxygen atoms in total. The summed E-state index contributed by atoms with van der Waals surface area (Å²) in [7, 11) is -3.62. The SMILES string of the molecule is CCS(=O)(=O)N(Cc1ccccc1)c1ncc(-c2cc(Cl)ccc2OCC(=O)O)cn1. The lowest BCUT2D eigenvalue weighted by molar-refractivity contribution is -0.139. The highest BCUT2D eigenvalue weighted by Crippen LogP contribution is 2.32. The molecule has 3 rings (SSSR count). The lowest BCUT2D eigenvalue weighted by Gasteiger charge is -2.22. The van der Waals surface area contributed by atoms with E-state index in [0.29, 0.717) is 21.9 Å². The van der Waals surface area contributed by atoms with Crippen LogP contribution in [0.2, 0.25) is 5.02 Å². The van der Waals surface area contributed by atoms with Gasteiger partial charge in [0, 0.05) is 28.5 Å². The van der Waals surface area contributed by atoms with Crippen LogP contribution in [0, 0.1) is 0 Å². The molecular weight excluding hydrogens is 442 g/mol. The smallest absolute Gasteiger partial charge is 0.341 e. The maximum absolute atomic E-state index is 12.7. The van der Waals surface area contributed by atoms with Gasteiger partial charge < -0.3 is 9.84 Å². The minimum atomic E-state index is -3.62. The molecule has 0 aliphatic rings. The number of nitrogens with zero attached hydrogens (tertiary/aromatic N) is 3. The van der Waals surface area contributed by atoms with Gasteiger partial charge in [-0.1, -0.05) is 41.9 Å². The standard InChI is InChI=1S/C21H20ClN3O5S/c1-2-31(28,29)25(13-15-6-4-3-5-7-15)21-23-11-16(12-24-21)18-10-17(22)8-9-19(18)30-14-20(26)27/h3-12H,2,13-14H2,1H3,(H,26,27). The van der Waals surface area contributed by atoms with Crippen molar-refractivity contribution in [3.63, 3.8) is 0 Å². The van der Waals surface area contributed by atoms with E-state index in [1.54, 1.807) is 25.1 Å². The fraction of sp³-hybridized carbons (Fsp3) is 0.190. The number of aromatic nitrogens is 2. The number of hydrogen-bond donors (Lipinski definition) is 1. The molecule has 0 radical (unpaired) electrons. The van der Waals surface area contributed by atoms with E-state index in [4.69, 9.17) is 21.4 Å². The predicted molar refractivity (Wildman–Crippen MR) is 118 cm³/mol. The van der Waals surface area contributed by atoms with E-state index >= 15 is 0 Å². The Balaban J connectivity index is 1.95. The van der Waals surface area contributed by atoms with Crippen LogP contribution in [-0.2, 0) is 21.4 Å². The van der Waals surface area contributed by atoms with Gasteiger partial charge in [-0.3, -0.25) is 0 Å². The van der Waals surface area contributed by atoms with Crippen LogP contribution in [-0.4, -0.2) is 41.8 Å². The molecule has 0 spiro atoms. The van der Waals surface area contributed by atoms with Gasteiger partial charge in [0.1, 0.15) is 5.75 Å². The molecule has 1 aromatic heterocycles. The first-order valence-corrected chi connectivity index (χ1v) is 11.3. The molecule has 0 aliphatic heterocycles. The largest absolute Gasteiger partial charge is 0.481 e. The second kappa shape index (κ2) is 9.76. The first-order chi connectivity index (χ1) is 14.8. The summed E-state index contributed by atoms with van der Waals surface area (Å²) in [4.78, 5) is 19.3. The van der Waals surface area contributed by atoms with Crippen molar-refractivity contribution in [3.05, 3.63) is 71.5 Å². The highest BCUT2D eigenvalue weighted by atomic mass is 35.5. The zero-order valence-electron chi connectivity index (χ0n) is 16.6. The van der Waals surface area contributed by atoms with Crippen molar-refractivity contribution in [1.82, 2.24) is 9.97 Å². The van der Waals surface area contributed by atoms with E-state index in [9.17, 15) is 13.2 Å². The normalized spacial score (nSPS) is 11.2. The number of carbonyl (C=O) groups is 1. The molecule has 3 aromatic rings. The quantitative estimate of drug-likeness (QED) is 0.518. The number of aliphatic carboxylic acids is 1. The van der Waals surface area contributed by atoms with Gasteiger partial charge in [-0.25, -0.2) is 27.5 Å². The summed E-state index contributed by atoms with van der Waals surface area (Å²) in [6.45, 7) is 1.13. The summed E-state index contributed by atoms with van der Waals surface area (Å²) in [5.74, 6) is -0.893. The van der Waals surface area contributed by atoms with E-state index < -0.39 is 22.6 Å². The molecule has 1 N–H and O–H groups in total. The number of carboxylic acid groups (broad SMARTS) is 1. The first kappa shape index (κ1) is 22.5. The number of hydrogen-bond acceptors (Lipinski definition) is 6. The Morgan fingerprint density at radius 3 is 2.42 bits per heavy atom. The summed E-state index contributed by atoms with van der Waals surface area (Å²) in [5, 5.41) is 9.29. The van der Waals surface area contributed by atoms with Gasteiger partial charge in [0.25, 0.3) is 0 Å². The lowest BCUT2D eigenvalue weighted by Crippen LogP contribution is -2.33. The summed E-state index contributed by atoms with van der Waals surface area (Å²) in [6, 6.07) is 13.9. The molecule has 0 bridgehead atoms. The van der Waals surface area contributed by atoms with Gasteiger partial charge in [0.05, 0.1) is 12.3 Å². The van der Waals surface area contributed by atoms with Crippen LogP contribution in [0.5, 0.6) is 5.75 Å². The molecule has 1 heterocycles. The lowest BCUT2D eigenvalue weighted by atomic mass is 10.1. The van der Waals surface area contributed by atoms with Crippen LogP contribution in [0.25, 0.3) is 11.1 Å². The van der Waals surface area contributed by atoms with E-state index in [0.717, 1.165) is 9.87 Å². The molecule has 162 valence electrons. The fourth-order valence-corrected chi connectivity index (χ4v) is 3.95. The van der Waals surface area contributed by atoms with Crippen LogP contribution in [0.15, 0.2) is 60.9 Å². The second-order valence-electron chi connectivity index (χ2n) is 6.49. The number of carboxylic acids is 1. The minimum Gasteiger partial charge on any atom is -0.481 e. The van der Waals surface area contributed by atoms with Crippen molar-refractivity contribution in [2.45, 2.75) is 13.5 Å². The maximum atomic E-state index is 12.7. The van der Waals surface area contributed by atoms with Crippen molar-refractivity contribution in [2.24, 2.45) is 0 Å². The highest BCUT2D eigenvalue weighted by molar-refractivity contribution is 7.92. The minimum absolute atomic E-state index is 0.0319. The Morgan fingerprint density at radius 2 is 1.81 bits per heavy atom. The molecule has 10 heteroatoms. The van der Waals surface area contributed by atoms with Crippen molar-refractivity contribution in [2.75, 3.05) is 16.7 Å². The number of anilines is 1. The van der Waals surface area contributed by atoms with Crippen LogP contribution >= 0.6 is 11.6 Å². The molecule has 0 fully saturated rings.